The van der Waals surface area contributed by atoms with Gasteiger partial charge in [-0.25, -0.2) is 0 Å². The van der Waals surface area contributed by atoms with Crippen LogP contribution in [0.1, 0.15) is 47.0 Å². The first kappa shape index (κ1) is 16.6. The molecule has 0 saturated carbocycles. The molecule has 0 spiro atoms. The molecule has 0 radical (unpaired) electrons. The largest absolute Gasteiger partial charge is 0.412 e. The molecule has 100 valence electrons. The average Bonchev–Trinajstić information content (AvgIpc) is 2.21. The van der Waals surface area contributed by atoms with Crippen molar-refractivity contribution in [3.05, 3.63) is 11.6 Å². The van der Waals surface area contributed by atoms with E-state index in [9.17, 15) is 4.79 Å². The fourth-order valence-corrected chi connectivity index (χ4v) is 2.07. The molecule has 0 aromatic rings. The fourth-order valence-electron chi connectivity index (χ4n) is 1.11. The summed E-state index contributed by atoms with van der Waals surface area (Å²) in [7, 11) is -1.73. The van der Waals surface area contributed by atoms with Crippen LogP contribution in [-0.4, -0.2) is 21.2 Å². The smallest absolute Gasteiger partial charge is 0.192 e. The summed E-state index contributed by atoms with van der Waals surface area (Å²) in [5, 5.41) is 0.199. The van der Waals surface area contributed by atoms with E-state index in [0.29, 0.717) is 6.61 Å². The van der Waals surface area contributed by atoms with Crippen molar-refractivity contribution in [2.24, 2.45) is 0 Å². The summed E-state index contributed by atoms with van der Waals surface area (Å²) in [6, 6.07) is 0. The predicted octanol–water partition coefficient (Wildman–Crippen LogP) is 4.32. The number of aldehydes is 1. The minimum absolute atomic E-state index is 0.199. The Labute approximate surface area is 108 Å². The maximum Gasteiger partial charge on any atom is 0.192 e. The van der Waals surface area contributed by atoms with E-state index in [4.69, 9.17) is 4.43 Å². The van der Waals surface area contributed by atoms with Crippen LogP contribution in [0.2, 0.25) is 18.1 Å². The van der Waals surface area contributed by atoms with E-state index in [-0.39, 0.29) is 5.04 Å². The summed E-state index contributed by atoms with van der Waals surface area (Å²) < 4.78 is 6.02. The SMILES string of the molecule is CCCC/C=C(\C=O)CO[Si](C)(C)C(C)(C)C. The van der Waals surface area contributed by atoms with E-state index in [1.54, 1.807) is 0 Å². The molecule has 0 amide bonds. The van der Waals surface area contributed by atoms with Gasteiger partial charge in [0.1, 0.15) is 6.29 Å². The molecule has 0 aromatic heterocycles. The van der Waals surface area contributed by atoms with E-state index in [1.807, 2.05) is 6.08 Å². The highest BCUT2D eigenvalue weighted by atomic mass is 28.4. The molecule has 0 saturated heterocycles. The molecule has 0 rings (SSSR count). The van der Waals surface area contributed by atoms with Gasteiger partial charge in [0, 0.05) is 5.57 Å². The molecule has 0 bridgehead atoms. The van der Waals surface area contributed by atoms with Gasteiger partial charge < -0.3 is 4.43 Å². The highest BCUT2D eigenvalue weighted by molar-refractivity contribution is 6.74. The first-order valence-electron chi connectivity index (χ1n) is 6.52. The third kappa shape index (κ3) is 6.17. The molecule has 0 unspecified atom stereocenters. The Bertz CT molecular complexity index is 262. The maximum atomic E-state index is 10.9. The van der Waals surface area contributed by atoms with Crippen molar-refractivity contribution in [1.29, 1.82) is 0 Å². The first-order chi connectivity index (χ1) is 7.74. The molecule has 0 atom stereocenters. The van der Waals surface area contributed by atoms with E-state index in [1.165, 1.54) is 0 Å². The lowest BCUT2D eigenvalue weighted by Crippen LogP contribution is -2.41. The molecule has 0 aliphatic heterocycles. The number of carbonyl (C=O) groups excluding carboxylic acids is 1. The second-order valence-electron chi connectivity index (χ2n) is 6.09. The minimum Gasteiger partial charge on any atom is -0.412 e. The monoisotopic (exact) mass is 256 g/mol. The predicted molar refractivity (Wildman–Crippen MR) is 76.8 cm³/mol. The third-order valence-corrected chi connectivity index (χ3v) is 8.00. The van der Waals surface area contributed by atoms with E-state index < -0.39 is 8.32 Å². The van der Waals surface area contributed by atoms with Crippen molar-refractivity contribution in [3.8, 4) is 0 Å². The molecular formula is C14H28O2Si. The van der Waals surface area contributed by atoms with Gasteiger partial charge in [0.05, 0.1) is 6.61 Å². The number of rotatable bonds is 7. The van der Waals surface area contributed by atoms with Gasteiger partial charge in [-0.05, 0) is 24.6 Å². The van der Waals surface area contributed by atoms with Crippen molar-refractivity contribution in [1.82, 2.24) is 0 Å². The number of carbonyl (C=O) groups is 1. The Morgan fingerprint density at radius 2 is 1.88 bits per heavy atom. The lowest BCUT2D eigenvalue weighted by atomic mass is 10.2. The Kier molecular flexibility index (Phi) is 6.94. The van der Waals surface area contributed by atoms with Gasteiger partial charge >= 0.3 is 0 Å². The molecular weight excluding hydrogens is 228 g/mol. The third-order valence-electron chi connectivity index (χ3n) is 3.52. The van der Waals surface area contributed by atoms with Gasteiger partial charge in [0.15, 0.2) is 8.32 Å². The minimum atomic E-state index is -1.73. The zero-order chi connectivity index (χ0) is 13.5. The standard InChI is InChI=1S/C14H28O2Si/c1-7-8-9-10-13(11-15)12-16-17(5,6)14(2,3)4/h10-11H,7-9,12H2,1-6H3/b13-10+. The second kappa shape index (κ2) is 7.12. The zero-order valence-electron chi connectivity index (χ0n) is 12.3. The number of hydrogen-bond acceptors (Lipinski definition) is 2. The lowest BCUT2D eigenvalue weighted by molar-refractivity contribution is -0.105. The summed E-state index contributed by atoms with van der Waals surface area (Å²) >= 11 is 0. The van der Waals surface area contributed by atoms with Crippen molar-refractivity contribution < 1.29 is 9.22 Å². The highest BCUT2D eigenvalue weighted by Gasteiger charge is 2.37. The highest BCUT2D eigenvalue weighted by Crippen LogP contribution is 2.36. The van der Waals surface area contributed by atoms with Crippen molar-refractivity contribution in [3.63, 3.8) is 0 Å². The summed E-state index contributed by atoms with van der Waals surface area (Å²) in [4.78, 5) is 10.9. The summed E-state index contributed by atoms with van der Waals surface area (Å²) in [6.07, 6.45) is 6.22. The van der Waals surface area contributed by atoms with E-state index >= 15 is 0 Å². The van der Waals surface area contributed by atoms with Crippen LogP contribution >= 0.6 is 0 Å². The second-order valence-corrected chi connectivity index (χ2v) is 10.9. The van der Waals surface area contributed by atoms with Crippen LogP contribution in [0.3, 0.4) is 0 Å². The van der Waals surface area contributed by atoms with Crippen molar-refractivity contribution >= 4 is 14.6 Å². The quantitative estimate of drug-likeness (QED) is 0.293. The van der Waals surface area contributed by atoms with E-state index in [0.717, 1.165) is 31.1 Å². The molecule has 3 heteroatoms. The van der Waals surface area contributed by atoms with Crippen LogP contribution in [0.15, 0.2) is 11.6 Å². The van der Waals surface area contributed by atoms with Crippen molar-refractivity contribution in [2.75, 3.05) is 6.61 Å². The van der Waals surface area contributed by atoms with Crippen LogP contribution in [-0.2, 0) is 9.22 Å². The van der Waals surface area contributed by atoms with E-state index in [2.05, 4.69) is 40.8 Å². The van der Waals surface area contributed by atoms with Crippen LogP contribution in [0.4, 0.5) is 0 Å². The van der Waals surface area contributed by atoms with Crippen molar-refractivity contribution in [2.45, 2.75) is 65.1 Å². The van der Waals surface area contributed by atoms with Crippen LogP contribution in [0, 0.1) is 0 Å². The van der Waals surface area contributed by atoms with Gasteiger partial charge in [-0.3, -0.25) is 4.79 Å². The molecule has 0 aromatic carbocycles. The summed E-state index contributed by atoms with van der Waals surface area (Å²) in [5.74, 6) is 0. The normalized spacial score (nSPS) is 13.9. The molecule has 2 nitrogen and oxygen atoms in total. The topological polar surface area (TPSA) is 26.3 Å². The summed E-state index contributed by atoms with van der Waals surface area (Å²) in [5.41, 5.74) is 0.795. The fraction of sp³-hybridized carbons (Fsp3) is 0.786. The number of unbranched alkanes of at least 4 members (excludes halogenated alkanes) is 2. The molecule has 17 heavy (non-hydrogen) atoms. The van der Waals surface area contributed by atoms with Crippen LogP contribution < -0.4 is 0 Å². The van der Waals surface area contributed by atoms with Gasteiger partial charge in [-0.1, -0.05) is 46.6 Å². The number of allylic oxidation sites excluding steroid dienone is 1. The zero-order valence-corrected chi connectivity index (χ0v) is 13.3. The van der Waals surface area contributed by atoms with Crippen LogP contribution in [0.5, 0.6) is 0 Å². The Balaban J connectivity index is 4.33. The van der Waals surface area contributed by atoms with Gasteiger partial charge in [-0.2, -0.15) is 0 Å². The van der Waals surface area contributed by atoms with Gasteiger partial charge in [-0.15, -0.1) is 0 Å². The molecule has 0 aliphatic carbocycles. The maximum absolute atomic E-state index is 10.9. The first-order valence-corrected chi connectivity index (χ1v) is 9.43. The molecule has 0 fully saturated rings. The van der Waals surface area contributed by atoms with Gasteiger partial charge in [0.2, 0.25) is 0 Å². The summed E-state index contributed by atoms with van der Waals surface area (Å²) in [6.45, 7) is 13.7. The Hall–Kier alpha value is -0.413. The van der Waals surface area contributed by atoms with Gasteiger partial charge in [0.25, 0.3) is 0 Å². The van der Waals surface area contributed by atoms with Crippen LogP contribution in [0.25, 0.3) is 0 Å². The average molecular weight is 256 g/mol. The lowest BCUT2D eigenvalue weighted by Gasteiger charge is -2.36. The molecule has 0 N–H and O–H groups in total. The Morgan fingerprint density at radius 1 is 1.29 bits per heavy atom. The molecule has 0 aliphatic rings. The Morgan fingerprint density at radius 3 is 2.29 bits per heavy atom. The molecule has 0 heterocycles. The number of hydrogen-bond donors (Lipinski definition) is 0.